The maximum atomic E-state index is 12.2. The fourth-order valence-electron chi connectivity index (χ4n) is 1.54. The summed E-state index contributed by atoms with van der Waals surface area (Å²) in [6.07, 6.45) is 0.130. The van der Waals surface area contributed by atoms with Gasteiger partial charge in [0.1, 0.15) is 0 Å². The third-order valence-corrected chi connectivity index (χ3v) is 4.58. The van der Waals surface area contributed by atoms with Crippen LogP contribution in [0.2, 0.25) is 0 Å². The Morgan fingerprint density at radius 2 is 1.80 bits per heavy atom. The van der Waals surface area contributed by atoms with Crippen LogP contribution in [0.5, 0.6) is 0 Å². The lowest BCUT2D eigenvalue weighted by molar-refractivity contribution is -0.137. The van der Waals surface area contributed by atoms with Gasteiger partial charge < -0.3 is 10.8 Å². The van der Waals surface area contributed by atoms with E-state index in [1.165, 1.54) is 31.3 Å². The average Bonchev–Trinajstić information content (AvgIpc) is 2.38. The Kier molecular flexibility index (Phi) is 5.23. The molecule has 1 amide bonds. The van der Waals surface area contributed by atoms with Crippen molar-refractivity contribution in [2.24, 2.45) is 5.73 Å². The van der Waals surface area contributed by atoms with Gasteiger partial charge in [0, 0.05) is 25.6 Å². The van der Waals surface area contributed by atoms with Crippen LogP contribution in [-0.2, 0) is 14.8 Å². The van der Waals surface area contributed by atoms with E-state index in [4.69, 9.17) is 10.8 Å². The zero-order valence-corrected chi connectivity index (χ0v) is 11.8. The molecule has 0 aliphatic carbocycles. The normalized spacial score (nSPS) is 11.5. The van der Waals surface area contributed by atoms with Gasteiger partial charge in [0.25, 0.3) is 0 Å². The summed E-state index contributed by atoms with van der Waals surface area (Å²) in [5, 5.41) is 8.52. The predicted molar refractivity (Wildman–Crippen MR) is 71.6 cm³/mol. The second-order valence-electron chi connectivity index (χ2n) is 4.21. The molecule has 0 saturated carbocycles. The number of rotatable bonds is 7. The molecule has 0 unspecified atom stereocenters. The number of carboxylic acids is 1. The Labute approximate surface area is 117 Å². The number of carbonyl (C=O) groups is 2. The van der Waals surface area contributed by atoms with Gasteiger partial charge in [0.15, 0.2) is 0 Å². The zero-order chi connectivity index (χ0) is 15.3. The third kappa shape index (κ3) is 4.04. The van der Waals surface area contributed by atoms with Gasteiger partial charge in [-0.05, 0) is 30.7 Å². The van der Waals surface area contributed by atoms with E-state index >= 15 is 0 Å². The first-order valence-corrected chi connectivity index (χ1v) is 7.27. The molecule has 1 aromatic carbocycles. The van der Waals surface area contributed by atoms with Crippen molar-refractivity contribution in [1.29, 1.82) is 0 Å². The number of benzene rings is 1. The summed E-state index contributed by atoms with van der Waals surface area (Å²) in [5.74, 6) is -1.61. The second kappa shape index (κ2) is 6.49. The minimum absolute atomic E-state index is 0.0281. The van der Waals surface area contributed by atoms with Crippen LogP contribution >= 0.6 is 0 Å². The molecule has 0 saturated heterocycles. The largest absolute Gasteiger partial charge is 0.481 e. The highest BCUT2D eigenvalue weighted by atomic mass is 32.2. The van der Waals surface area contributed by atoms with E-state index in [0.717, 1.165) is 4.31 Å². The molecule has 0 fully saturated rings. The maximum absolute atomic E-state index is 12.2. The van der Waals surface area contributed by atoms with Crippen LogP contribution in [0.1, 0.15) is 23.2 Å². The van der Waals surface area contributed by atoms with Gasteiger partial charge in [0.05, 0.1) is 4.90 Å². The minimum Gasteiger partial charge on any atom is -0.481 e. The van der Waals surface area contributed by atoms with Crippen molar-refractivity contribution in [2.75, 3.05) is 13.6 Å². The van der Waals surface area contributed by atoms with E-state index in [2.05, 4.69) is 0 Å². The highest BCUT2D eigenvalue weighted by molar-refractivity contribution is 7.89. The van der Waals surface area contributed by atoms with Crippen molar-refractivity contribution in [3.63, 3.8) is 0 Å². The molecular formula is C12H16N2O5S. The molecule has 3 N–H and O–H groups in total. The predicted octanol–water partition coefficient (Wildman–Crippen LogP) is 0.271. The van der Waals surface area contributed by atoms with Crippen molar-refractivity contribution in [3.8, 4) is 0 Å². The molecule has 0 aromatic heterocycles. The van der Waals surface area contributed by atoms with E-state index in [1.54, 1.807) is 0 Å². The smallest absolute Gasteiger partial charge is 0.303 e. The number of primary amides is 1. The Bertz CT molecular complexity index is 595. The number of aliphatic carboxylic acids is 1. The molecule has 20 heavy (non-hydrogen) atoms. The molecule has 0 radical (unpaired) electrons. The third-order valence-electron chi connectivity index (χ3n) is 2.71. The van der Waals surface area contributed by atoms with Crippen molar-refractivity contribution < 1.29 is 23.1 Å². The first-order valence-electron chi connectivity index (χ1n) is 5.83. The summed E-state index contributed by atoms with van der Waals surface area (Å²) >= 11 is 0. The van der Waals surface area contributed by atoms with Crippen LogP contribution in [0.25, 0.3) is 0 Å². The van der Waals surface area contributed by atoms with Crippen LogP contribution in [-0.4, -0.2) is 43.3 Å². The number of sulfonamides is 1. The molecule has 0 heterocycles. The molecule has 110 valence electrons. The van der Waals surface area contributed by atoms with E-state index in [0.29, 0.717) is 0 Å². The fraction of sp³-hybridized carbons (Fsp3) is 0.333. The molecule has 1 aromatic rings. The SMILES string of the molecule is CN(CCCC(=O)O)S(=O)(=O)c1ccc(C(N)=O)cc1. The van der Waals surface area contributed by atoms with Crippen molar-refractivity contribution in [3.05, 3.63) is 29.8 Å². The van der Waals surface area contributed by atoms with Gasteiger partial charge in [-0.25, -0.2) is 12.7 Å². The molecule has 0 aliphatic heterocycles. The monoisotopic (exact) mass is 300 g/mol. The first-order chi connectivity index (χ1) is 9.25. The maximum Gasteiger partial charge on any atom is 0.303 e. The molecule has 0 spiro atoms. The molecule has 7 nitrogen and oxygen atoms in total. The van der Waals surface area contributed by atoms with Crippen LogP contribution in [0.4, 0.5) is 0 Å². The number of hydrogen-bond acceptors (Lipinski definition) is 4. The number of nitrogens with two attached hydrogens (primary N) is 1. The summed E-state index contributed by atoms with van der Waals surface area (Å²) in [4.78, 5) is 21.3. The Hall–Kier alpha value is -1.93. The highest BCUT2D eigenvalue weighted by Gasteiger charge is 2.20. The van der Waals surface area contributed by atoms with Crippen molar-refractivity contribution >= 4 is 21.9 Å². The summed E-state index contributed by atoms with van der Waals surface area (Å²) in [5.41, 5.74) is 5.29. The van der Waals surface area contributed by atoms with Gasteiger partial charge in [0.2, 0.25) is 15.9 Å². The molecule has 0 aliphatic rings. The number of hydrogen-bond donors (Lipinski definition) is 2. The molecular weight excluding hydrogens is 284 g/mol. The Morgan fingerprint density at radius 3 is 2.25 bits per heavy atom. The van der Waals surface area contributed by atoms with Crippen LogP contribution in [0.3, 0.4) is 0 Å². The average molecular weight is 300 g/mol. The van der Waals surface area contributed by atoms with Gasteiger partial charge in [-0.1, -0.05) is 0 Å². The van der Waals surface area contributed by atoms with Crippen LogP contribution in [0, 0.1) is 0 Å². The minimum atomic E-state index is -3.69. The lowest BCUT2D eigenvalue weighted by Gasteiger charge is -2.16. The van der Waals surface area contributed by atoms with Gasteiger partial charge in [-0.2, -0.15) is 0 Å². The Balaban J connectivity index is 2.81. The molecule has 1 rings (SSSR count). The fourth-order valence-corrected chi connectivity index (χ4v) is 2.75. The van der Waals surface area contributed by atoms with Gasteiger partial charge in [-0.3, -0.25) is 9.59 Å². The Morgan fingerprint density at radius 1 is 1.25 bits per heavy atom. The van der Waals surface area contributed by atoms with Crippen molar-refractivity contribution in [1.82, 2.24) is 4.31 Å². The molecule has 0 bridgehead atoms. The summed E-state index contributed by atoms with van der Waals surface area (Å²) < 4.78 is 25.4. The van der Waals surface area contributed by atoms with E-state index in [1.807, 2.05) is 0 Å². The number of carbonyl (C=O) groups excluding carboxylic acids is 1. The summed E-state index contributed by atoms with van der Waals surface area (Å²) in [6, 6.07) is 5.26. The number of carboxylic acid groups (broad SMARTS) is 1. The van der Waals surface area contributed by atoms with E-state index in [9.17, 15) is 18.0 Å². The second-order valence-corrected chi connectivity index (χ2v) is 6.26. The quantitative estimate of drug-likeness (QED) is 0.749. The zero-order valence-electron chi connectivity index (χ0n) is 10.9. The first kappa shape index (κ1) is 16.1. The van der Waals surface area contributed by atoms with Crippen molar-refractivity contribution in [2.45, 2.75) is 17.7 Å². The van der Waals surface area contributed by atoms with E-state index < -0.39 is 21.9 Å². The van der Waals surface area contributed by atoms with Crippen LogP contribution < -0.4 is 5.73 Å². The molecule has 0 atom stereocenters. The summed E-state index contributed by atoms with van der Waals surface area (Å²) in [6.45, 7) is 0.103. The molecule has 8 heteroatoms. The lowest BCUT2D eigenvalue weighted by atomic mass is 10.2. The summed E-state index contributed by atoms with van der Waals surface area (Å²) in [7, 11) is -2.32. The van der Waals surface area contributed by atoms with Crippen LogP contribution in [0.15, 0.2) is 29.2 Å². The van der Waals surface area contributed by atoms with E-state index in [-0.39, 0.29) is 29.8 Å². The van der Waals surface area contributed by atoms with Gasteiger partial charge >= 0.3 is 5.97 Å². The number of nitrogens with zero attached hydrogens (tertiary/aromatic N) is 1. The van der Waals surface area contributed by atoms with Gasteiger partial charge in [-0.15, -0.1) is 0 Å². The highest BCUT2D eigenvalue weighted by Crippen LogP contribution is 2.15. The number of amides is 1. The lowest BCUT2D eigenvalue weighted by Crippen LogP contribution is -2.28. The standard InChI is InChI=1S/C12H16N2O5S/c1-14(8-2-3-11(15)16)20(18,19)10-6-4-9(5-7-10)12(13)17/h4-7H,2-3,8H2,1H3,(H2,13,17)(H,15,16). The topological polar surface area (TPSA) is 118 Å².